The van der Waals surface area contributed by atoms with Gasteiger partial charge in [-0.15, -0.1) is 0 Å². The summed E-state index contributed by atoms with van der Waals surface area (Å²) in [5, 5.41) is 9.45. The van der Waals surface area contributed by atoms with Crippen LogP contribution >= 0.6 is 0 Å². The smallest absolute Gasteiger partial charge is 0.0691 e. The predicted molar refractivity (Wildman–Crippen MR) is 46.2 cm³/mol. The molecule has 0 radical (unpaired) electrons. The Morgan fingerprint density at radius 1 is 1.45 bits per heavy atom. The van der Waals surface area contributed by atoms with Gasteiger partial charge in [-0.2, -0.15) is 0 Å². The van der Waals surface area contributed by atoms with Crippen molar-refractivity contribution in [2.45, 2.75) is 51.2 Å². The highest BCUT2D eigenvalue weighted by atomic mass is 16.3. The van der Waals surface area contributed by atoms with Crippen LogP contribution in [0, 0.1) is 5.92 Å². The molecule has 66 valence electrons. The molecule has 2 heteroatoms. The molecule has 2 nitrogen and oxygen atoms in total. The highest BCUT2D eigenvalue weighted by Crippen LogP contribution is 2.24. The fourth-order valence-electron chi connectivity index (χ4n) is 1.86. The van der Waals surface area contributed by atoms with Gasteiger partial charge in [-0.1, -0.05) is 26.2 Å². The maximum Gasteiger partial charge on any atom is 0.0691 e. The molecule has 3 N–H and O–H groups in total. The summed E-state index contributed by atoms with van der Waals surface area (Å²) in [5.41, 5.74) is 5.79. The van der Waals surface area contributed by atoms with Crippen LogP contribution < -0.4 is 5.73 Å². The van der Waals surface area contributed by atoms with Crippen LogP contribution in [0.3, 0.4) is 0 Å². The monoisotopic (exact) mass is 157 g/mol. The number of aliphatic hydroxyl groups is 1. The average molecular weight is 157 g/mol. The topological polar surface area (TPSA) is 46.2 Å². The Morgan fingerprint density at radius 3 is 2.82 bits per heavy atom. The van der Waals surface area contributed by atoms with Gasteiger partial charge in [0.2, 0.25) is 0 Å². The molecule has 0 aromatic heterocycles. The fourth-order valence-corrected chi connectivity index (χ4v) is 1.86. The minimum absolute atomic E-state index is 0.0300. The first-order valence-electron chi connectivity index (χ1n) is 4.67. The molecule has 0 amide bonds. The lowest BCUT2D eigenvalue weighted by Crippen LogP contribution is -2.34. The van der Waals surface area contributed by atoms with Gasteiger partial charge in [-0.3, -0.25) is 0 Å². The Hall–Kier alpha value is -0.0800. The van der Waals surface area contributed by atoms with Gasteiger partial charge in [-0.25, -0.2) is 0 Å². The van der Waals surface area contributed by atoms with E-state index in [2.05, 4.69) is 6.92 Å². The van der Waals surface area contributed by atoms with Crippen LogP contribution in [-0.2, 0) is 0 Å². The molecule has 0 aromatic rings. The molecular formula is C9H19NO. The van der Waals surface area contributed by atoms with E-state index in [9.17, 15) is 5.11 Å². The number of rotatable bonds is 1. The first-order valence-corrected chi connectivity index (χ1v) is 4.67. The van der Waals surface area contributed by atoms with E-state index in [1.54, 1.807) is 0 Å². The minimum atomic E-state index is -0.244. The molecule has 1 aliphatic rings. The third-order valence-corrected chi connectivity index (χ3v) is 2.79. The second-order valence-corrected chi connectivity index (χ2v) is 3.67. The molecule has 1 rings (SSSR count). The first kappa shape index (κ1) is 9.01. The molecule has 1 aliphatic carbocycles. The maximum absolute atomic E-state index is 9.45. The SMILES string of the molecule is CCC1CCCC(O)C(N)C1. The first-order chi connectivity index (χ1) is 5.24. The molecular weight excluding hydrogens is 138 g/mol. The van der Waals surface area contributed by atoms with E-state index >= 15 is 0 Å². The van der Waals surface area contributed by atoms with Crippen LogP contribution in [0.15, 0.2) is 0 Å². The van der Waals surface area contributed by atoms with Crippen molar-refractivity contribution < 1.29 is 5.11 Å². The van der Waals surface area contributed by atoms with E-state index in [0.717, 1.165) is 25.2 Å². The molecule has 0 aromatic carbocycles. The number of hydrogen-bond acceptors (Lipinski definition) is 2. The summed E-state index contributed by atoms with van der Waals surface area (Å²) in [4.78, 5) is 0. The Morgan fingerprint density at radius 2 is 2.18 bits per heavy atom. The number of aliphatic hydroxyl groups excluding tert-OH is 1. The minimum Gasteiger partial charge on any atom is -0.392 e. The lowest BCUT2D eigenvalue weighted by molar-refractivity contribution is 0.134. The number of nitrogens with two attached hydrogens (primary N) is 1. The summed E-state index contributed by atoms with van der Waals surface area (Å²) in [5.74, 6) is 0.752. The van der Waals surface area contributed by atoms with Crippen molar-refractivity contribution in [3.63, 3.8) is 0 Å². The van der Waals surface area contributed by atoms with Gasteiger partial charge >= 0.3 is 0 Å². The quantitative estimate of drug-likeness (QED) is 0.563. The van der Waals surface area contributed by atoms with Crippen molar-refractivity contribution in [1.29, 1.82) is 0 Å². The van der Waals surface area contributed by atoms with E-state index in [1.807, 2.05) is 0 Å². The summed E-state index contributed by atoms with van der Waals surface area (Å²) < 4.78 is 0. The highest BCUT2D eigenvalue weighted by molar-refractivity contribution is 4.79. The van der Waals surface area contributed by atoms with Gasteiger partial charge in [0.1, 0.15) is 0 Å². The van der Waals surface area contributed by atoms with Crippen molar-refractivity contribution in [2.24, 2.45) is 11.7 Å². The summed E-state index contributed by atoms with van der Waals surface area (Å²) >= 11 is 0. The zero-order valence-corrected chi connectivity index (χ0v) is 7.29. The lowest BCUT2D eigenvalue weighted by atomic mass is 9.96. The van der Waals surface area contributed by atoms with Gasteiger partial charge in [-0.05, 0) is 18.8 Å². The third kappa shape index (κ3) is 2.46. The molecule has 3 unspecified atom stereocenters. The van der Waals surface area contributed by atoms with Crippen LogP contribution in [0.4, 0.5) is 0 Å². The van der Waals surface area contributed by atoms with Gasteiger partial charge in [0, 0.05) is 6.04 Å². The third-order valence-electron chi connectivity index (χ3n) is 2.79. The Bertz CT molecular complexity index is 116. The summed E-state index contributed by atoms with van der Waals surface area (Å²) in [7, 11) is 0. The fraction of sp³-hybridized carbons (Fsp3) is 1.00. The summed E-state index contributed by atoms with van der Waals surface area (Å²) in [6, 6.07) is 0.0300. The van der Waals surface area contributed by atoms with Crippen molar-refractivity contribution in [1.82, 2.24) is 0 Å². The van der Waals surface area contributed by atoms with Crippen LogP contribution in [0.1, 0.15) is 39.0 Å². The maximum atomic E-state index is 9.45. The van der Waals surface area contributed by atoms with E-state index in [4.69, 9.17) is 5.73 Å². The Balaban J connectivity index is 2.41. The largest absolute Gasteiger partial charge is 0.392 e. The molecule has 0 aliphatic heterocycles. The standard InChI is InChI=1S/C9H19NO/c1-2-7-4-3-5-9(11)8(10)6-7/h7-9,11H,2-6,10H2,1H3. The van der Waals surface area contributed by atoms with E-state index in [-0.39, 0.29) is 12.1 Å². The van der Waals surface area contributed by atoms with Gasteiger partial charge < -0.3 is 10.8 Å². The second-order valence-electron chi connectivity index (χ2n) is 3.67. The van der Waals surface area contributed by atoms with Crippen molar-refractivity contribution >= 4 is 0 Å². The van der Waals surface area contributed by atoms with E-state index in [1.165, 1.54) is 12.8 Å². The lowest BCUT2D eigenvalue weighted by Gasteiger charge is -2.17. The van der Waals surface area contributed by atoms with Gasteiger partial charge in [0.15, 0.2) is 0 Å². The van der Waals surface area contributed by atoms with Crippen LogP contribution in [0.5, 0.6) is 0 Å². The highest BCUT2D eigenvalue weighted by Gasteiger charge is 2.22. The van der Waals surface area contributed by atoms with Crippen molar-refractivity contribution in [2.75, 3.05) is 0 Å². The van der Waals surface area contributed by atoms with Crippen LogP contribution in [0.2, 0.25) is 0 Å². The molecule has 0 saturated heterocycles. The second kappa shape index (κ2) is 4.07. The molecule has 0 spiro atoms. The summed E-state index contributed by atoms with van der Waals surface area (Å²) in [6.07, 6.45) is 5.27. The molecule has 11 heavy (non-hydrogen) atoms. The van der Waals surface area contributed by atoms with Gasteiger partial charge in [0.25, 0.3) is 0 Å². The van der Waals surface area contributed by atoms with Crippen LogP contribution in [0.25, 0.3) is 0 Å². The van der Waals surface area contributed by atoms with Crippen LogP contribution in [-0.4, -0.2) is 17.3 Å². The van der Waals surface area contributed by atoms with Crippen molar-refractivity contribution in [3.05, 3.63) is 0 Å². The molecule has 0 bridgehead atoms. The average Bonchev–Trinajstić information content (AvgIpc) is 2.15. The Labute approximate surface area is 68.8 Å². The normalized spacial score (nSPS) is 40.1. The van der Waals surface area contributed by atoms with E-state index in [0.29, 0.717) is 0 Å². The Kier molecular flexibility index (Phi) is 3.34. The number of hydrogen-bond donors (Lipinski definition) is 2. The molecule has 1 saturated carbocycles. The molecule has 3 atom stereocenters. The summed E-state index contributed by atoms with van der Waals surface area (Å²) in [6.45, 7) is 2.20. The molecule has 1 fully saturated rings. The predicted octanol–water partition coefficient (Wildman–Crippen LogP) is 1.27. The van der Waals surface area contributed by atoms with E-state index < -0.39 is 0 Å². The van der Waals surface area contributed by atoms with Gasteiger partial charge in [0.05, 0.1) is 6.10 Å². The molecule has 0 heterocycles. The van der Waals surface area contributed by atoms with Crippen molar-refractivity contribution in [3.8, 4) is 0 Å². The zero-order valence-electron chi connectivity index (χ0n) is 7.29. The zero-order chi connectivity index (χ0) is 8.27.